The fourth-order valence-electron chi connectivity index (χ4n) is 3.03. The molecule has 1 amide bonds. The number of carbonyl (C=O) groups is 1. The zero-order chi connectivity index (χ0) is 20.1. The summed E-state index contributed by atoms with van der Waals surface area (Å²) < 4.78 is 39.7. The van der Waals surface area contributed by atoms with E-state index in [0.717, 1.165) is 5.56 Å². The second-order valence-corrected chi connectivity index (χ2v) is 8.72. The van der Waals surface area contributed by atoms with Gasteiger partial charge in [-0.2, -0.15) is 9.41 Å². The van der Waals surface area contributed by atoms with E-state index in [0.29, 0.717) is 18.4 Å². The molecule has 8 heteroatoms. The van der Waals surface area contributed by atoms with Gasteiger partial charge in [-0.1, -0.05) is 29.8 Å². The van der Waals surface area contributed by atoms with E-state index in [1.54, 1.807) is 36.4 Å². The number of nitrogens with one attached hydrogen (secondary N) is 1. The average molecular weight is 403 g/mol. The maximum Gasteiger partial charge on any atom is 0.243 e. The van der Waals surface area contributed by atoms with E-state index in [1.165, 1.54) is 22.7 Å². The molecule has 0 bridgehead atoms. The molecule has 1 aliphatic rings. The lowest BCUT2D eigenvalue weighted by atomic mass is 9.98. The summed E-state index contributed by atoms with van der Waals surface area (Å²) in [6.07, 6.45) is 2.31. The van der Waals surface area contributed by atoms with Crippen molar-refractivity contribution < 1.29 is 17.6 Å². The van der Waals surface area contributed by atoms with Gasteiger partial charge in [0.2, 0.25) is 15.9 Å². The molecule has 2 aromatic rings. The van der Waals surface area contributed by atoms with Crippen LogP contribution in [0.1, 0.15) is 24.0 Å². The Morgan fingerprint density at radius 3 is 2.32 bits per heavy atom. The molecule has 0 spiro atoms. The first kappa shape index (κ1) is 20.2. The molecule has 0 radical (unpaired) electrons. The number of aryl methyl sites for hydroxylation is 1. The van der Waals surface area contributed by atoms with Crippen molar-refractivity contribution in [2.45, 2.75) is 24.7 Å². The van der Waals surface area contributed by atoms with E-state index in [2.05, 4.69) is 10.5 Å². The van der Waals surface area contributed by atoms with E-state index >= 15 is 0 Å². The minimum atomic E-state index is -3.54. The Morgan fingerprint density at radius 2 is 1.71 bits per heavy atom. The van der Waals surface area contributed by atoms with Gasteiger partial charge in [0.1, 0.15) is 5.82 Å². The number of hydrogen-bond acceptors (Lipinski definition) is 4. The molecule has 0 aromatic heterocycles. The summed E-state index contributed by atoms with van der Waals surface area (Å²) in [7, 11) is -3.54. The highest BCUT2D eigenvalue weighted by Crippen LogP contribution is 2.24. The number of rotatable bonds is 5. The molecule has 0 unspecified atom stereocenters. The largest absolute Gasteiger partial charge is 0.273 e. The summed E-state index contributed by atoms with van der Waals surface area (Å²) in [5.41, 5.74) is 4.14. The van der Waals surface area contributed by atoms with Crippen LogP contribution in [0.5, 0.6) is 0 Å². The highest BCUT2D eigenvalue weighted by atomic mass is 32.2. The van der Waals surface area contributed by atoms with E-state index in [1.807, 2.05) is 6.92 Å². The van der Waals surface area contributed by atoms with Crippen LogP contribution in [0.15, 0.2) is 58.5 Å². The predicted molar refractivity (Wildman–Crippen MR) is 105 cm³/mol. The molecule has 1 heterocycles. The third-order valence-corrected chi connectivity index (χ3v) is 6.65. The predicted octanol–water partition coefficient (Wildman–Crippen LogP) is 2.69. The van der Waals surface area contributed by atoms with E-state index in [4.69, 9.17) is 0 Å². The molecular weight excluding hydrogens is 381 g/mol. The Balaban J connectivity index is 1.53. The lowest BCUT2D eigenvalue weighted by Gasteiger charge is -2.30. The zero-order valence-electron chi connectivity index (χ0n) is 15.5. The monoisotopic (exact) mass is 403 g/mol. The molecule has 3 rings (SSSR count). The Bertz CT molecular complexity index is 949. The van der Waals surface area contributed by atoms with Gasteiger partial charge in [0.05, 0.1) is 11.1 Å². The van der Waals surface area contributed by atoms with Gasteiger partial charge in [-0.3, -0.25) is 4.79 Å². The summed E-state index contributed by atoms with van der Waals surface area (Å²) in [5.74, 6) is -0.880. The quantitative estimate of drug-likeness (QED) is 0.616. The van der Waals surface area contributed by atoms with Gasteiger partial charge < -0.3 is 0 Å². The number of hydrogen-bond donors (Lipinski definition) is 1. The SMILES string of the molecule is Cc1ccc(S(=O)(=O)N2CCC(C(=O)NN=Cc3ccc(F)cc3)CC2)cc1. The summed E-state index contributed by atoms with van der Waals surface area (Å²) in [5, 5.41) is 3.89. The molecule has 1 aliphatic heterocycles. The van der Waals surface area contributed by atoms with Crippen molar-refractivity contribution in [1.82, 2.24) is 9.73 Å². The summed E-state index contributed by atoms with van der Waals surface area (Å²) in [4.78, 5) is 12.5. The Labute approximate surface area is 164 Å². The van der Waals surface area contributed by atoms with Gasteiger partial charge in [-0.15, -0.1) is 0 Å². The van der Waals surface area contributed by atoms with Gasteiger partial charge in [-0.05, 0) is 49.6 Å². The van der Waals surface area contributed by atoms with Crippen LogP contribution < -0.4 is 5.43 Å². The van der Waals surface area contributed by atoms with E-state index in [-0.39, 0.29) is 35.6 Å². The third kappa shape index (κ3) is 4.82. The normalized spacial score (nSPS) is 16.4. The smallest absolute Gasteiger partial charge is 0.243 e. The lowest BCUT2D eigenvalue weighted by molar-refractivity contribution is -0.126. The van der Waals surface area contributed by atoms with Crippen molar-refractivity contribution in [3.63, 3.8) is 0 Å². The fourth-order valence-corrected chi connectivity index (χ4v) is 4.50. The van der Waals surface area contributed by atoms with Crippen molar-refractivity contribution in [3.05, 3.63) is 65.5 Å². The molecule has 28 heavy (non-hydrogen) atoms. The first-order valence-corrected chi connectivity index (χ1v) is 10.5. The van der Waals surface area contributed by atoms with Crippen molar-refractivity contribution in [3.8, 4) is 0 Å². The van der Waals surface area contributed by atoms with Crippen LogP contribution in [0.3, 0.4) is 0 Å². The highest BCUT2D eigenvalue weighted by Gasteiger charge is 2.31. The van der Waals surface area contributed by atoms with Crippen LogP contribution in [0.25, 0.3) is 0 Å². The van der Waals surface area contributed by atoms with Crippen LogP contribution in [0.4, 0.5) is 4.39 Å². The molecule has 0 aliphatic carbocycles. The number of halogens is 1. The second kappa shape index (κ2) is 8.62. The van der Waals surface area contributed by atoms with Crippen LogP contribution in [0, 0.1) is 18.7 Å². The molecule has 2 aromatic carbocycles. The van der Waals surface area contributed by atoms with Gasteiger partial charge in [0.15, 0.2) is 0 Å². The van der Waals surface area contributed by atoms with Gasteiger partial charge in [0, 0.05) is 19.0 Å². The summed E-state index contributed by atoms with van der Waals surface area (Å²) in [6, 6.07) is 12.5. The van der Waals surface area contributed by atoms with Crippen LogP contribution in [-0.2, 0) is 14.8 Å². The lowest BCUT2D eigenvalue weighted by Crippen LogP contribution is -2.42. The van der Waals surface area contributed by atoms with Crippen molar-refractivity contribution in [2.75, 3.05) is 13.1 Å². The van der Waals surface area contributed by atoms with Gasteiger partial charge >= 0.3 is 0 Å². The Kier molecular flexibility index (Phi) is 6.21. The van der Waals surface area contributed by atoms with E-state index < -0.39 is 10.0 Å². The highest BCUT2D eigenvalue weighted by molar-refractivity contribution is 7.89. The number of amides is 1. The van der Waals surface area contributed by atoms with Crippen LogP contribution in [-0.4, -0.2) is 37.9 Å². The first-order valence-electron chi connectivity index (χ1n) is 9.01. The fraction of sp³-hybridized carbons (Fsp3) is 0.300. The second-order valence-electron chi connectivity index (χ2n) is 6.78. The molecule has 0 saturated carbocycles. The standard InChI is InChI=1S/C20H22FN3O3S/c1-15-2-8-19(9-3-15)28(26,27)24-12-10-17(11-13-24)20(25)23-22-14-16-4-6-18(21)7-5-16/h2-9,14,17H,10-13H2,1H3,(H,23,25). The number of sulfonamides is 1. The van der Waals surface area contributed by atoms with Crippen LogP contribution >= 0.6 is 0 Å². The van der Waals surface area contributed by atoms with E-state index in [9.17, 15) is 17.6 Å². The topological polar surface area (TPSA) is 78.8 Å². The molecule has 1 fully saturated rings. The number of nitrogens with zero attached hydrogens (tertiary/aromatic N) is 2. The van der Waals surface area contributed by atoms with Gasteiger partial charge in [-0.25, -0.2) is 18.2 Å². The molecular formula is C20H22FN3O3S. The van der Waals surface area contributed by atoms with Crippen molar-refractivity contribution in [1.29, 1.82) is 0 Å². The van der Waals surface area contributed by atoms with Crippen LogP contribution in [0.2, 0.25) is 0 Å². The average Bonchev–Trinajstić information content (AvgIpc) is 2.70. The number of carbonyl (C=O) groups excluding carboxylic acids is 1. The Hall–Kier alpha value is -2.58. The minimum absolute atomic E-state index is 0.245. The Morgan fingerprint density at radius 1 is 1.11 bits per heavy atom. The minimum Gasteiger partial charge on any atom is -0.273 e. The molecule has 1 saturated heterocycles. The van der Waals surface area contributed by atoms with Crippen molar-refractivity contribution >= 4 is 22.1 Å². The third-order valence-electron chi connectivity index (χ3n) is 4.74. The maximum absolute atomic E-state index is 12.9. The van der Waals surface area contributed by atoms with Crippen molar-refractivity contribution in [2.24, 2.45) is 11.0 Å². The molecule has 0 atom stereocenters. The number of benzene rings is 2. The number of hydrazone groups is 1. The molecule has 148 valence electrons. The number of piperidine rings is 1. The van der Waals surface area contributed by atoms with Gasteiger partial charge in [0.25, 0.3) is 0 Å². The molecule has 6 nitrogen and oxygen atoms in total. The summed E-state index contributed by atoms with van der Waals surface area (Å²) >= 11 is 0. The zero-order valence-corrected chi connectivity index (χ0v) is 16.3. The molecule has 1 N–H and O–H groups in total. The first-order chi connectivity index (χ1) is 13.4. The maximum atomic E-state index is 12.9. The summed E-state index contributed by atoms with van der Waals surface area (Å²) in [6.45, 7) is 2.48.